The van der Waals surface area contributed by atoms with Gasteiger partial charge in [0.05, 0.1) is 0 Å². The van der Waals surface area contributed by atoms with Crippen molar-refractivity contribution in [2.75, 3.05) is 5.32 Å². The van der Waals surface area contributed by atoms with Crippen LogP contribution in [0.1, 0.15) is 12.8 Å². The van der Waals surface area contributed by atoms with Gasteiger partial charge in [0, 0.05) is 18.2 Å². The smallest absolute Gasteiger partial charge is 0.409 e. The van der Waals surface area contributed by atoms with Crippen LogP contribution in [0.3, 0.4) is 0 Å². The van der Waals surface area contributed by atoms with Gasteiger partial charge < -0.3 is 15.8 Å². The predicted octanol–water partition coefficient (Wildman–Crippen LogP) is 0.361. The van der Waals surface area contributed by atoms with Gasteiger partial charge in [-0.25, -0.2) is 4.79 Å². The number of primary amides is 1. The van der Waals surface area contributed by atoms with Gasteiger partial charge in [0.25, 0.3) is 0 Å². The van der Waals surface area contributed by atoms with E-state index in [0.29, 0.717) is 18.5 Å². The Morgan fingerprint density at radius 3 is 2.89 bits per heavy atom. The van der Waals surface area contributed by atoms with Crippen molar-refractivity contribution in [1.82, 2.24) is 5.32 Å². The number of nitrogens with one attached hydrogen (secondary N) is 2. The Hall–Kier alpha value is -2.57. The summed E-state index contributed by atoms with van der Waals surface area (Å²) in [5, 5.41) is 5.22. The first kappa shape index (κ1) is 12.9. The molecule has 7 heteroatoms. The van der Waals surface area contributed by atoms with E-state index in [1.54, 1.807) is 24.3 Å². The Labute approximate surface area is 109 Å². The van der Waals surface area contributed by atoms with Gasteiger partial charge in [0.1, 0.15) is 11.8 Å². The number of hydrogen-bond acceptors (Lipinski definition) is 5. The fourth-order valence-electron chi connectivity index (χ4n) is 1.80. The van der Waals surface area contributed by atoms with E-state index < -0.39 is 12.1 Å². The normalized spacial score (nSPS) is 18.6. The number of hydrogen-bond donors (Lipinski definition) is 3. The average Bonchev–Trinajstić information content (AvgIpc) is 2.32. The monoisotopic (exact) mass is 263 g/mol. The third-order valence-electron chi connectivity index (χ3n) is 2.63. The first-order chi connectivity index (χ1) is 9.04. The fraction of sp³-hybridized carbons (Fsp3) is 0.250. The summed E-state index contributed by atoms with van der Waals surface area (Å²) in [5.41, 5.74) is 5.52. The Morgan fingerprint density at radius 2 is 2.21 bits per heavy atom. The van der Waals surface area contributed by atoms with E-state index in [4.69, 9.17) is 10.5 Å². The summed E-state index contributed by atoms with van der Waals surface area (Å²) < 4.78 is 4.73. The predicted molar refractivity (Wildman–Crippen MR) is 66.4 cm³/mol. The van der Waals surface area contributed by atoms with Crippen LogP contribution in [-0.4, -0.2) is 23.9 Å². The molecule has 0 radical (unpaired) electrons. The molecule has 1 saturated heterocycles. The molecule has 1 unspecified atom stereocenters. The minimum absolute atomic E-state index is 0.270. The molecule has 0 aliphatic carbocycles. The molecule has 1 atom stereocenters. The summed E-state index contributed by atoms with van der Waals surface area (Å²) in [7, 11) is 0. The van der Waals surface area contributed by atoms with Crippen molar-refractivity contribution in [3.05, 3.63) is 24.3 Å². The molecule has 3 amide bonds. The van der Waals surface area contributed by atoms with Crippen LogP contribution in [0, 0.1) is 0 Å². The van der Waals surface area contributed by atoms with Crippen molar-refractivity contribution >= 4 is 23.6 Å². The van der Waals surface area contributed by atoms with Crippen LogP contribution in [0.15, 0.2) is 24.3 Å². The Kier molecular flexibility index (Phi) is 3.65. The molecule has 1 heterocycles. The molecule has 1 aromatic rings. The number of carbonyl (C=O) groups is 3. The van der Waals surface area contributed by atoms with Crippen molar-refractivity contribution in [3.63, 3.8) is 0 Å². The lowest BCUT2D eigenvalue weighted by Gasteiger charge is -2.22. The lowest BCUT2D eigenvalue weighted by molar-refractivity contribution is -0.133. The van der Waals surface area contributed by atoms with Crippen LogP contribution in [-0.2, 0) is 9.59 Å². The maximum absolute atomic E-state index is 11.6. The van der Waals surface area contributed by atoms with Gasteiger partial charge in [-0.3, -0.25) is 14.9 Å². The molecule has 1 aliphatic rings. The lowest BCUT2D eigenvalue weighted by atomic mass is 10.1. The molecule has 1 fully saturated rings. The third kappa shape index (κ3) is 3.44. The number of piperidine rings is 1. The standard InChI is InChI=1S/C12H13N3O4/c13-12(18)19-8-3-1-2-7(6-8)14-9-4-5-10(16)15-11(9)17/h1-3,6,9,14H,4-5H2,(H2,13,18)(H,15,16,17). The molecule has 0 bridgehead atoms. The molecule has 4 N–H and O–H groups in total. The Balaban J connectivity index is 2.04. The summed E-state index contributed by atoms with van der Waals surface area (Å²) in [6.45, 7) is 0. The highest BCUT2D eigenvalue weighted by Crippen LogP contribution is 2.19. The molecule has 1 aromatic carbocycles. The Morgan fingerprint density at radius 1 is 1.42 bits per heavy atom. The number of rotatable bonds is 3. The zero-order valence-corrected chi connectivity index (χ0v) is 10.0. The molecule has 1 aliphatic heterocycles. The Bertz CT molecular complexity index is 529. The number of imide groups is 1. The number of carbonyl (C=O) groups excluding carboxylic acids is 3. The number of ether oxygens (including phenoxy) is 1. The second kappa shape index (κ2) is 5.38. The van der Waals surface area contributed by atoms with Gasteiger partial charge in [-0.15, -0.1) is 0 Å². The summed E-state index contributed by atoms with van der Waals surface area (Å²) in [6, 6.07) is 6.01. The highest BCUT2D eigenvalue weighted by molar-refractivity contribution is 6.01. The minimum Gasteiger partial charge on any atom is -0.410 e. The van der Waals surface area contributed by atoms with Crippen LogP contribution in [0.4, 0.5) is 10.5 Å². The lowest BCUT2D eigenvalue weighted by Crippen LogP contribution is -2.47. The maximum Gasteiger partial charge on any atom is 0.409 e. The second-order valence-electron chi connectivity index (χ2n) is 4.10. The maximum atomic E-state index is 11.6. The highest BCUT2D eigenvalue weighted by atomic mass is 16.5. The zero-order chi connectivity index (χ0) is 13.8. The third-order valence-corrected chi connectivity index (χ3v) is 2.63. The van der Waals surface area contributed by atoms with E-state index in [9.17, 15) is 14.4 Å². The number of nitrogens with two attached hydrogens (primary N) is 1. The van der Waals surface area contributed by atoms with Crippen molar-refractivity contribution in [1.29, 1.82) is 0 Å². The minimum atomic E-state index is -0.904. The van der Waals surface area contributed by atoms with E-state index in [1.165, 1.54) is 0 Å². The van der Waals surface area contributed by atoms with Crippen LogP contribution in [0.2, 0.25) is 0 Å². The van der Waals surface area contributed by atoms with Crippen molar-refractivity contribution in [3.8, 4) is 5.75 Å². The highest BCUT2D eigenvalue weighted by Gasteiger charge is 2.26. The quantitative estimate of drug-likeness (QED) is 0.682. The number of anilines is 1. The summed E-state index contributed by atoms with van der Waals surface area (Å²) in [6.07, 6.45) is -0.190. The van der Waals surface area contributed by atoms with Gasteiger partial charge in [-0.2, -0.15) is 0 Å². The second-order valence-corrected chi connectivity index (χ2v) is 4.10. The zero-order valence-electron chi connectivity index (χ0n) is 10.0. The van der Waals surface area contributed by atoms with Crippen LogP contribution >= 0.6 is 0 Å². The van der Waals surface area contributed by atoms with E-state index >= 15 is 0 Å². The number of benzene rings is 1. The van der Waals surface area contributed by atoms with Crippen LogP contribution in [0.25, 0.3) is 0 Å². The van der Waals surface area contributed by atoms with E-state index in [2.05, 4.69) is 10.6 Å². The van der Waals surface area contributed by atoms with Crippen LogP contribution in [0.5, 0.6) is 5.75 Å². The molecule has 0 spiro atoms. The molecule has 7 nitrogen and oxygen atoms in total. The molecular formula is C12H13N3O4. The molecular weight excluding hydrogens is 250 g/mol. The van der Waals surface area contributed by atoms with Gasteiger partial charge in [-0.05, 0) is 18.6 Å². The van der Waals surface area contributed by atoms with Gasteiger partial charge in [0.2, 0.25) is 11.8 Å². The summed E-state index contributed by atoms with van der Waals surface area (Å²) in [4.78, 5) is 33.2. The molecule has 0 saturated carbocycles. The molecule has 19 heavy (non-hydrogen) atoms. The van der Waals surface area contributed by atoms with Gasteiger partial charge in [-0.1, -0.05) is 6.07 Å². The fourth-order valence-corrected chi connectivity index (χ4v) is 1.80. The topological polar surface area (TPSA) is 111 Å². The van der Waals surface area contributed by atoms with E-state index in [-0.39, 0.29) is 17.6 Å². The SMILES string of the molecule is NC(=O)Oc1cccc(NC2CCC(=O)NC2=O)c1. The largest absolute Gasteiger partial charge is 0.410 e. The van der Waals surface area contributed by atoms with Gasteiger partial charge in [0.15, 0.2) is 0 Å². The van der Waals surface area contributed by atoms with Gasteiger partial charge >= 0.3 is 6.09 Å². The summed E-state index contributed by atoms with van der Waals surface area (Å²) >= 11 is 0. The first-order valence-corrected chi connectivity index (χ1v) is 5.72. The molecule has 0 aromatic heterocycles. The summed E-state index contributed by atoms with van der Waals surface area (Å²) in [5.74, 6) is -0.351. The van der Waals surface area contributed by atoms with E-state index in [0.717, 1.165) is 0 Å². The number of amides is 3. The van der Waals surface area contributed by atoms with Crippen molar-refractivity contribution < 1.29 is 19.1 Å². The van der Waals surface area contributed by atoms with Crippen molar-refractivity contribution in [2.24, 2.45) is 5.73 Å². The van der Waals surface area contributed by atoms with E-state index in [1.807, 2.05) is 0 Å². The first-order valence-electron chi connectivity index (χ1n) is 5.72. The van der Waals surface area contributed by atoms with Crippen molar-refractivity contribution in [2.45, 2.75) is 18.9 Å². The molecule has 100 valence electrons. The molecule has 2 rings (SSSR count). The average molecular weight is 263 g/mol. The van der Waals surface area contributed by atoms with Crippen LogP contribution < -0.4 is 21.1 Å².